The Morgan fingerprint density at radius 3 is 2.56 bits per heavy atom. The van der Waals surface area contributed by atoms with Crippen LogP contribution in [0.5, 0.6) is 0 Å². The second-order valence-corrected chi connectivity index (χ2v) is 8.06. The summed E-state index contributed by atoms with van der Waals surface area (Å²) in [5.74, 6) is -0.356. The van der Waals surface area contributed by atoms with Crippen LogP contribution in [0.15, 0.2) is 18.2 Å². The molecule has 4 nitrogen and oxygen atoms in total. The Morgan fingerprint density at radius 1 is 1.28 bits per heavy atom. The number of thiophene rings is 1. The Bertz CT molecular complexity index is 828. The molecule has 3 rings (SSSR count). The van der Waals surface area contributed by atoms with Crippen LogP contribution in [-0.2, 0) is 12.8 Å². The van der Waals surface area contributed by atoms with E-state index >= 15 is 0 Å². The molecule has 0 aliphatic heterocycles. The third-order valence-corrected chi connectivity index (χ3v) is 6.41. The molecule has 2 aromatic rings. The van der Waals surface area contributed by atoms with Gasteiger partial charge in [-0.2, -0.15) is 0 Å². The lowest BCUT2D eigenvalue weighted by molar-refractivity contribution is 0.1000. The summed E-state index contributed by atoms with van der Waals surface area (Å²) in [4.78, 5) is 25.8. The Labute approximate surface area is 160 Å². The third kappa shape index (κ3) is 3.54. The first kappa shape index (κ1) is 18.2. The number of anilines is 1. The minimum absolute atomic E-state index is 0.194. The highest BCUT2D eigenvalue weighted by Crippen LogP contribution is 2.40. The van der Waals surface area contributed by atoms with Crippen molar-refractivity contribution in [1.29, 1.82) is 0 Å². The van der Waals surface area contributed by atoms with Gasteiger partial charge < -0.3 is 11.1 Å². The molecular weight excluding hydrogens is 379 g/mol. The van der Waals surface area contributed by atoms with Gasteiger partial charge >= 0.3 is 0 Å². The summed E-state index contributed by atoms with van der Waals surface area (Å²) in [5, 5.41) is 3.80. The number of rotatable bonds is 4. The van der Waals surface area contributed by atoms with E-state index in [2.05, 4.69) is 12.2 Å². The molecule has 0 saturated heterocycles. The molecule has 0 saturated carbocycles. The highest BCUT2D eigenvalue weighted by atomic mass is 35.5. The number of halogens is 2. The van der Waals surface area contributed by atoms with E-state index in [1.54, 1.807) is 18.2 Å². The maximum Gasteiger partial charge on any atom is 0.259 e. The first-order chi connectivity index (χ1) is 11.9. The molecule has 0 fully saturated rings. The van der Waals surface area contributed by atoms with Crippen molar-refractivity contribution >= 4 is 51.4 Å². The van der Waals surface area contributed by atoms with E-state index < -0.39 is 11.8 Å². The van der Waals surface area contributed by atoms with Crippen molar-refractivity contribution in [3.05, 3.63) is 49.8 Å². The quantitative estimate of drug-likeness (QED) is 0.769. The van der Waals surface area contributed by atoms with Gasteiger partial charge in [-0.25, -0.2) is 0 Å². The smallest absolute Gasteiger partial charge is 0.259 e. The van der Waals surface area contributed by atoms with E-state index in [0.717, 1.165) is 36.1 Å². The topological polar surface area (TPSA) is 72.2 Å². The zero-order chi connectivity index (χ0) is 18.1. The van der Waals surface area contributed by atoms with Crippen molar-refractivity contribution in [3.8, 4) is 0 Å². The first-order valence-corrected chi connectivity index (χ1v) is 9.69. The predicted molar refractivity (Wildman–Crippen MR) is 103 cm³/mol. The summed E-state index contributed by atoms with van der Waals surface area (Å²) in [6, 6.07) is 4.87. The number of nitrogens with one attached hydrogen (secondary N) is 1. The van der Waals surface area contributed by atoms with Crippen LogP contribution in [0.25, 0.3) is 0 Å². The average Bonchev–Trinajstić information content (AvgIpc) is 2.91. The van der Waals surface area contributed by atoms with E-state index in [4.69, 9.17) is 28.9 Å². The molecule has 0 bridgehead atoms. The molecule has 2 amide bonds. The van der Waals surface area contributed by atoms with Gasteiger partial charge in [-0.1, -0.05) is 42.6 Å². The van der Waals surface area contributed by atoms with Crippen LogP contribution >= 0.6 is 34.5 Å². The lowest BCUT2D eigenvalue weighted by Gasteiger charge is -2.20. The number of hydrogen-bond acceptors (Lipinski definition) is 3. The zero-order valence-corrected chi connectivity index (χ0v) is 16.0. The number of carbonyl (C=O) groups is 2. The highest BCUT2D eigenvalue weighted by Gasteiger charge is 2.28. The second-order valence-electron chi connectivity index (χ2n) is 6.14. The van der Waals surface area contributed by atoms with Crippen molar-refractivity contribution in [2.24, 2.45) is 11.7 Å². The summed E-state index contributed by atoms with van der Waals surface area (Å²) in [6.45, 7) is 2.17. The largest absolute Gasteiger partial charge is 0.365 e. The Hall–Kier alpha value is -1.56. The predicted octanol–water partition coefficient (Wildman–Crippen LogP) is 4.92. The van der Waals surface area contributed by atoms with Gasteiger partial charge in [-0.3, -0.25) is 9.59 Å². The van der Waals surface area contributed by atoms with Crippen LogP contribution in [0, 0.1) is 5.92 Å². The van der Waals surface area contributed by atoms with Gasteiger partial charge in [0.05, 0.1) is 21.2 Å². The van der Waals surface area contributed by atoms with Gasteiger partial charge in [0.2, 0.25) is 0 Å². The van der Waals surface area contributed by atoms with Crippen LogP contribution < -0.4 is 11.1 Å². The van der Waals surface area contributed by atoms with Crippen molar-refractivity contribution in [2.45, 2.75) is 32.6 Å². The van der Waals surface area contributed by atoms with Crippen LogP contribution in [-0.4, -0.2) is 11.8 Å². The number of benzene rings is 1. The zero-order valence-electron chi connectivity index (χ0n) is 13.7. The van der Waals surface area contributed by atoms with E-state index in [9.17, 15) is 9.59 Å². The summed E-state index contributed by atoms with van der Waals surface area (Å²) < 4.78 is 0. The van der Waals surface area contributed by atoms with Gasteiger partial charge in [0.25, 0.3) is 11.8 Å². The molecule has 1 aromatic heterocycles. The minimum atomic E-state index is -0.520. The second kappa shape index (κ2) is 7.36. The number of nitrogens with two attached hydrogens (primary N) is 1. The number of amides is 2. The number of fused-ring (bicyclic) bond motifs is 1. The normalized spacial score (nSPS) is 16.4. The fourth-order valence-corrected chi connectivity index (χ4v) is 5.16. The van der Waals surface area contributed by atoms with Crippen molar-refractivity contribution in [2.75, 3.05) is 5.32 Å². The maximum absolute atomic E-state index is 12.6. The molecule has 1 aliphatic rings. The molecule has 25 heavy (non-hydrogen) atoms. The monoisotopic (exact) mass is 396 g/mol. The SMILES string of the molecule is CC[C@@H]1CCc2c(sc(NC(=O)c3c(Cl)cccc3Cl)c2C(N)=O)C1. The maximum atomic E-state index is 12.6. The summed E-state index contributed by atoms with van der Waals surface area (Å²) in [5.41, 5.74) is 7.18. The van der Waals surface area contributed by atoms with Crippen LogP contribution in [0.4, 0.5) is 5.00 Å². The van der Waals surface area contributed by atoms with Crippen LogP contribution in [0.3, 0.4) is 0 Å². The van der Waals surface area contributed by atoms with Crippen molar-refractivity contribution < 1.29 is 9.59 Å². The van der Waals surface area contributed by atoms with Crippen molar-refractivity contribution in [3.63, 3.8) is 0 Å². The molecule has 0 radical (unpaired) electrons. The standard InChI is InChI=1S/C18H18Cl2N2O2S/c1-2-9-6-7-10-13(8-9)25-18(14(10)16(21)23)22-17(24)15-11(19)4-3-5-12(15)20/h3-5,9H,2,6-8H2,1H3,(H2,21,23)(H,22,24)/t9-/m1/s1. The Morgan fingerprint density at radius 2 is 1.96 bits per heavy atom. The summed E-state index contributed by atoms with van der Waals surface area (Å²) in [7, 11) is 0. The minimum Gasteiger partial charge on any atom is -0.365 e. The molecule has 0 spiro atoms. The van der Waals surface area contributed by atoms with Crippen LogP contribution in [0.2, 0.25) is 10.0 Å². The molecule has 1 atom stereocenters. The van der Waals surface area contributed by atoms with Crippen molar-refractivity contribution in [1.82, 2.24) is 0 Å². The van der Waals surface area contributed by atoms with E-state index in [-0.39, 0.29) is 15.6 Å². The van der Waals surface area contributed by atoms with Gasteiger partial charge in [-0.05, 0) is 42.9 Å². The molecule has 132 valence electrons. The Balaban J connectivity index is 1.96. The Kier molecular flexibility index (Phi) is 5.37. The lowest BCUT2D eigenvalue weighted by Crippen LogP contribution is -2.20. The molecule has 0 unspecified atom stereocenters. The van der Waals surface area contributed by atoms with Gasteiger partial charge in [0, 0.05) is 4.88 Å². The molecule has 1 aliphatic carbocycles. The van der Waals surface area contributed by atoms with E-state index in [1.165, 1.54) is 11.3 Å². The lowest BCUT2D eigenvalue weighted by atomic mass is 9.85. The molecule has 3 N–H and O–H groups in total. The van der Waals surface area contributed by atoms with Gasteiger partial charge in [0.15, 0.2) is 0 Å². The molecule has 1 heterocycles. The van der Waals surface area contributed by atoms with E-state index in [0.29, 0.717) is 16.5 Å². The number of hydrogen-bond donors (Lipinski definition) is 2. The van der Waals surface area contributed by atoms with Crippen LogP contribution in [0.1, 0.15) is 50.9 Å². The number of primary amides is 1. The fraction of sp³-hybridized carbons (Fsp3) is 0.333. The van der Waals surface area contributed by atoms with Gasteiger partial charge in [-0.15, -0.1) is 11.3 Å². The summed E-state index contributed by atoms with van der Waals surface area (Å²) in [6.07, 6.45) is 3.86. The van der Waals surface area contributed by atoms with E-state index in [1.807, 2.05) is 0 Å². The highest BCUT2D eigenvalue weighted by molar-refractivity contribution is 7.17. The first-order valence-electron chi connectivity index (χ1n) is 8.12. The third-order valence-electron chi connectivity index (χ3n) is 4.61. The average molecular weight is 397 g/mol. The fourth-order valence-electron chi connectivity index (χ4n) is 3.23. The number of carbonyl (C=O) groups excluding carboxylic acids is 2. The summed E-state index contributed by atoms with van der Waals surface area (Å²) >= 11 is 13.6. The molecule has 7 heteroatoms. The molecular formula is C18H18Cl2N2O2S. The molecule has 1 aromatic carbocycles. The van der Waals surface area contributed by atoms with Gasteiger partial charge in [0.1, 0.15) is 5.00 Å².